The van der Waals surface area contributed by atoms with Crippen LogP contribution in [0.1, 0.15) is 12.8 Å². The van der Waals surface area contributed by atoms with Gasteiger partial charge in [0.2, 0.25) is 5.91 Å². The summed E-state index contributed by atoms with van der Waals surface area (Å²) in [7, 11) is 0. The van der Waals surface area contributed by atoms with Crippen LogP contribution in [0.3, 0.4) is 0 Å². The minimum absolute atomic E-state index is 0.299. The summed E-state index contributed by atoms with van der Waals surface area (Å²) in [4.78, 5) is 32.5. The van der Waals surface area contributed by atoms with Crippen molar-refractivity contribution in [2.75, 3.05) is 6.54 Å². The highest BCUT2D eigenvalue weighted by Crippen LogP contribution is 2.11. The quantitative estimate of drug-likeness (QED) is 0.338. The first-order valence-electron chi connectivity index (χ1n) is 4.33. The molecule has 0 aromatic heterocycles. The topological polar surface area (TPSA) is 149 Å². The molecule has 7 nitrogen and oxygen atoms in total. The van der Waals surface area contributed by atoms with E-state index < -0.39 is 29.7 Å². The summed E-state index contributed by atoms with van der Waals surface area (Å²) in [5.74, 6) is -3.15. The van der Waals surface area contributed by atoms with Crippen molar-refractivity contribution in [3.63, 3.8) is 0 Å². The zero-order valence-corrected chi connectivity index (χ0v) is 7.45. The van der Waals surface area contributed by atoms with E-state index in [0.29, 0.717) is 0 Å². The number of amides is 1. The molecule has 0 fully saturated rings. The van der Waals surface area contributed by atoms with E-state index in [9.17, 15) is 14.4 Å². The van der Waals surface area contributed by atoms with Gasteiger partial charge in [-0.3, -0.25) is 9.59 Å². The molecule has 0 saturated carbocycles. The summed E-state index contributed by atoms with van der Waals surface area (Å²) in [6.07, 6.45) is -0.676. The zero-order chi connectivity index (χ0) is 12.1. The molecule has 7 N–H and O–H groups in total. The number of nitrogens with two attached hydrogens (primary N) is 3. The van der Waals surface area contributed by atoms with Gasteiger partial charge < -0.3 is 22.3 Å². The lowest BCUT2D eigenvalue weighted by Gasteiger charge is -2.21. The van der Waals surface area contributed by atoms with Crippen LogP contribution in [0.2, 0.25) is 1.41 Å². The van der Waals surface area contributed by atoms with Crippen molar-refractivity contribution < 1.29 is 20.9 Å². The minimum atomic E-state index is -2.16. The number of carboxylic acids is 1. The molecule has 0 aliphatic heterocycles. The van der Waals surface area contributed by atoms with Gasteiger partial charge in [0.25, 0.3) is 0 Å². The molecule has 0 heterocycles. The molecule has 80 valence electrons. The first kappa shape index (κ1) is 10.6. The van der Waals surface area contributed by atoms with Gasteiger partial charge in [0.1, 0.15) is 1.41 Å². The van der Waals surface area contributed by atoms with Gasteiger partial charge in [-0.15, -0.1) is 0 Å². The lowest BCUT2D eigenvalue weighted by Crippen LogP contribution is -2.57. The highest BCUT2D eigenvalue weighted by Gasteiger charge is 2.40. The van der Waals surface area contributed by atoms with E-state index in [-0.39, 0.29) is 12.8 Å². The molecular weight excluding hydrogens is 190 g/mol. The van der Waals surface area contributed by atoms with Crippen molar-refractivity contribution in [1.29, 1.82) is 0 Å². The van der Waals surface area contributed by atoms with Crippen LogP contribution in [0.15, 0.2) is 0 Å². The second-order valence-corrected chi connectivity index (χ2v) is 2.84. The fraction of sp³-hybridized carbons (Fsp3) is 0.571. The Balaban J connectivity index is 4.66. The maximum absolute atomic E-state index is 11.3. The third-order valence-electron chi connectivity index (χ3n) is 1.81. The van der Waals surface area contributed by atoms with Gasteiger partial charge in [0, 0.05) is 6.42 Å². The Bertz CT molecular complexity index is 283. The smallest absolute Gasteiger partial charge is 0.331 e. The predicted molar refractivity (Wildman–Crippen MR) is 47.0 cm³/mol. The fourth-order valence-corrected chi connectivity index (χ4v) is 0.844. The van der Waals surface area contributed by atoms with Gasteiger partial charge in [0.05, 0.1) is 6.54 Å². The Morgan fingerprint density at radius 3 is 2.36 bits per heavy atom. The summed E-state index contributed by atoms with van der Waals surface area (Å²) >= 11 is 0. The Morgan fingerprint density at radius 1 is 1.43 bits per heavy atom. The summed E-state index contributed by atoms with van der Waals surface area (Å²) in [5.41, 5.74) is 9.75. The number of hydrogen-bond donors (Lipinski definition) is 4. The number of aliphatic carboxylic acids is 1. The number of carboxylic acid groups (broad SMARTS) is 1. The average Bonchev–Trinajstić information content (AvgIpc) is 2.14. The van der Waals surface area contributed by atoms with E-state index in [1.165, 1.54) is 0 Å². The van der Waals surface area contributed by atoms with E-state index in [1.807, 2.05) is 0 Å². The van der Waals surface area contributed by atoms with Crippen molar-refractivity contribution in [3.8, 4) is 0 Å². The van der Waals surface area contributed by atoms with Crippen LogP contribution in [-0.2, 0) is 14.4 Å². The third kappa shape index (κ3) is 2.79. The van der Waals surface area contributed by atoms with Crippen LogP contribution in [0.25, 0.3) is 0 Å². The minimum Gasteiger partial charge on any atom is -0.480 e. The Kier molecular flexibility index (Phi) is 3.55. The first-order chi connectivity index (χ1) is 6.84. The molecule has 0 aromatic carbocycles. The lowest BCUT2D eigenvalue weighted by molar-refractivity contribution is -0.148. The molecule has 0 rings (SSSR count). The van der Waals surface area contributed by atoms with Crippen LogP contribution in [0, 0.1) is 0 Å². The fourth-order valence-electron chi connectivity index (χ4n) is 0.844. The summed E-state index contributed by atoms with van der Waals surface area (Å²) in [5, 5.41) is 8.76. The van der Waals surface area contributed by atoms with Crippen LogP contribution in [-0.4, -0.2) is 34.8 Å². The molecule has 0 aromatic rings. The van der Waals surface area contributed by atoms with Gasteiger partial charge in [-0.1, -0.05) is 0 Å². The number of Topliss-reactive ketones (excluding diaryl/α,β-unsaturated/α-hetero) is 1. The lowest BCUT2D eigenvalue weighted by atomic mass is 9.89. The molecular formula is C7H13N3O4. The normalized spacial score (nSPS) is 15.4. The maximum atomic E-state index is 11.3. The Morgan fingerprint density at radius 2 is 2.00 bits per heavy atom. The third-order valence-corrected chi connectivity index (χ3v) is 1.81. The van der Waals surface area contributed by atoms with Crippen molar-refractivity contribution in [2.45, 2.75) is 18.4 Å². The van der Waals surface area contributed by atoms with Crippen LogP contribution in [0.5, 0.6) is 0 Å². The maximum Gasteiger partial charge on any atom is 0.331 e. The van der Waals surface area contributed by atoms with E-state index in [4.69, 9.17) is 18.0 Å². The van der Waals surface area contributed by atoms with E-state index in [1.54, 1.807) is 5.73 Å². The van der Waals surface area contributed by atoms with Crippen molar-refractivity contribution in [3.05, 3.63) is 0 Å². The molecule has 7 heteroatoms. The Hall–Kier alpha value is -1.47. The highest BCUT2D eigenvalue weighted by molar-refractivity contribution is 6.08. The summed E-state index contributed by atoms with van der Waals surface area (Å²) in [6.45, 7) is -0.498. The number of carbonyl (C=O) groups excluding carboxylic acids is 2. The van der Waals surface area contributed by atoms with Crippen LogP contribution < -0.4 is 17.2 Å². The van der Waals surface area contributed by atoms with Gasteiger partial charge >= 0.3 is 5.97 Å². The largest absolute Gasteiger partial charge is 0.480 e. The van der Waals surface area contributed by atoms with Crippen molar-refractivity contribution in [2.24, 2.45) is 17.2 Å². The summed E-state index contributed by atoms with van der Waals surface area (Å²) < 4.78 is 6.56. The van der Waals surface area contributed by atoms with E-state index in [2.05, 4.69) is 0 Å². The molecule has 1 amide bonds. The second-order valence-electron chi connectivity index (χ2n) is 2.84. The van der Waals surface area contributed by atoms with Crippen LogP contribution in [0.4, 0.5) is 0 Å². The second kappa shape index (κ2) is 4.68. The Labute approximate surface area is 81.7 Å². The number of rotatable bonds is 7. The molecule has 0 radical (unpaired) electrons. The molecule has 14 heavy (non-hydrogen) atoms. The molecule has 1 atom stereocenters. The van der Waals surface area contributed by atoms with Crippen LogP contribution >= 0.6 is 0 Å². The number of primary amides is 1. The van der Waals surface area contributed by atoms with E-state index >= 15 is 0 Å². The summed E-state index contributed by atoms with van der Waals surface area (Å²) in [6, 6.07) is 0. The molecule has 0 bridgehead atoms. The van der Waals surface area contributed by atoms with Crippen molar-refractivity contribution >= 4 is 17.7 Å². The van der Waals surface area contributed by atoms with E-state index in [0.717, 1.165) is 0 Å². The SMILES string of the molecule is [2H]NCC(=O)[C@](N)(CCC(N)=O)C(=O)O. The van der Waals surface area contributed by atoms with Crippen molar-refractivity contribution in [1.82, 2.24) is 0 Å². The van der Waals surface area contributed by atoms with Gasteiger partial charge in [0.15, 0.2) is 11.3 Å². The molecule has 0 saturated heterocycles. The standard InChI is InChI=1S/C7H13N3O4/c8-3-4(11)7(10,6(13)14)2-1-5(9)12/h1-3,8,10H2,(H2,9,12)(H,13,14)/t7-/m1/s1/i/hD. The molecule has 0 aliphatic rings. The average molecular weight is 204 g/mol. The highest BCUT2D eigenvalue weighted by atomic mass is 16.4. The van der Waals surface area contributed by atoms with Gasteiger partial charge in [-0.25, -0.2) is 4.79 Å². The predicted octanol–water partition coefficient (Wildman–Crippen LogP) is -2.44. The van der Waals surface area contributed by atoms with Gasteiger partial charge in [-0.05, 0) is 6.42 Å². The number of ketones is 1. The number of hydrogen-bond acceptors (Lipinski definition) is 5. The molecule has 0 aliphatic carbocycles. The number of carbonyl (C=O) groups is 3. The first-order valence-corrected chi connectivity index (χ1v) is 3.83. The molecule has 0 spiro atoms. The van der Waals surface area contributed by atoms with Gasteiger partial charge in [-0.2, -0.15) is 0 Å². The zero-order valence-electron chi connectivity index (χ0n) is 8.45. The monoisotopic (exact) mass is 204 g/mol. The molecule has 0 unspecified atom stereocenters.